The van der Waals surface area contributed by atoms with E-state index in [4.69, 9.17) is 5.10 Å². The fourth-order valence-electron chi connectivity index (χ4n) is 3.51. The van der Waals surface area contributed by atoms with Gasteiger partial charge in [-0.05, 0) is 24.3 Å². The van der Waals surface area contributed by atoms with Crippen molar-refractivity contribution in [2.75, 3.05) is 17.6 Å². The number of aromatic nitrogens is 2. The summed E-state index contributed by atoms with van der Waals surface area (Å²) < 4.78 is 28.8. The number of anilines is 1. The Balaban J connectivity index is 1.46. The van der Waals surface area contributed by atoms with Crippen LogP contribution in [0.25, 0.3) is 16.9 Å². The Labute approximate surface area is 185 Å². The molecule has 0 radical (unpaired) electrons. The topological polar surface area (TPSA) is 96.7 Å². The maximum absolute atomic E-state index is 13.0. The molecular weight excluding hydrogens is 426 g/mol. The zero-order chi connectivity index (χ0) is 22.1. The molecule has 1 aromatic heterocycles. The molecule has 2 aromatic carbocycles. The van der Waals surface area contributed by atoms with E-state index in [1.54, 1.807) is 21.9 Å². The summed E-state index contributed by atoms with van der Waals surface area (Å²) in [7, 11) is -3.45. The number of nitrogens with one attached hydrogen (secondary N) is 1. The van der Waals surface area contributed by atoms with Crippen molar-refractivity contribution in [2.24, 2.45) is 4.40 Å². The zero-order valence-corrected chi connectivity index (χ0v) is 17.7. The summed E-state index contributed by atoms with van der Waals surface area (Å²) in [5, 5.41) is 7.64. The van der Waals surface area contributed by atoms with Crippen molar-refractivity contribution in [2.45, 2.75) is 0 Å². The van der Waals surface area contributed by atoms with Crippen LogP contribution in [0.3, 0.4) is 0 Å². The van der Waals surface area contributed by atoms with Gasteiger partial charge in [-0.25, -0.2) is 13.1 Å². The number of nitrogens with zero attached hydrogens (tertiary/aromatic N) is 4. The van der Waals surface area contributed by atoms with Crippen LogP contribution in [-0.4, -0.2) is 47.1 Å². The molecule has 160 valence electrons. The number of para-hydroxylation sites is 1. The van der Waals surface area contributed by atoms with Crippen molar-refractivity contribution in [3.63, 3.8) is 0 Å². The predicted molar refractivity (Wildman–Crippen MR) is 123 cm³/mol. The summed E-state index contributed by atoms with van der Waals surface area (Å²) in [6.07, 6.45) is 4.71. The molecule has 32 heavy (non-hydrogen) atoms. The van der Waals surface area contributed by atoms with Crippen molar-refractivity contribution < 1.29 is 13.2 Å². The van der Waals surface area contributed by atoms with E-state index in [2.05, 4.69) is 9.71 Å². The minimum absolute atomic E-state index is 0.0864. The van der Waals surface area contributed by atoms with Crippen molar-refractivity contribution in [3.05, 3.63) is 90.7 Å². The summed E-state index contributed by atoms with van der Waals surface area (Å²) in [4.78, 5) is 14.7. The second-order valence-electron chi connectivity index (χ2n) is 7.33. The van der Waals surface area contributed by atoms with Crippen molar-refractivity contribution in [1.82, 2.24) is 14.7 Å². The van der Waals surface area contributed by atoms with Gasteiger partial charge in [0.2, 0.25) is 0 Å². The number of benzene rings is 2. The van der Waals surface area contributed by atoms with Gasteiger partial charge < -0.3 is 10.2 Å². The molecule has 3 aromatic rings. The maximum atomic E-state index is 13.0. The van der Waals surface area contributed by atoms with E-state index < -0.39 is 10.0 Å². The highest BCUT2D eigenvalue weighted by molar-refractivity contribution is 7.90. The zero-order valence-electron chi connectivity index (χ0n) is 16.9. The van der Waals surface area contributed by atoms with Crippen LogP contribution in [0.1, 0.15) is 0 Å². The minimum Gasteiger partial charge on any atom is -0.330 e. The number of rotatable bonds is 4. The van der Waals surface area contributed by atoms with Crippen LogP contribution >= 0.6 is 0 Å². The van der Waals surface area contributed by atoms with E-state index in [-0.39, 0.29) is 18.2 Å². The molecule has 0 atom stereocenters. The number of hydrogen-bond acceptors (Lipinski definition) is 5. The standard InChI is InChI=1S/C23H19N5O3S/c29-23(18-11-12-21-26-32(30,31)14-13-27(21)16-18)24-22-15-20(17-7-3-1-4-8-17)25-28(22)19-9-5-2-6-10-19/h1-12,15-16H,13-14H2,(H,24,29). The van der Waals surface area contributed by atoms with E-state index in [1.807, 2.05) is 66.7 Å². The Bertz CT molecular complexity index is 1370. The molecule has 1 N–H and O–H groups in total. The maximum Gasteiger partial charge on any atom is 0.258 e. The lowest BCUT2D eigenvalue weighted by Crippen LogP contribution is -2.37. The highest BCUT2D eigenvalue weighted by Gasteiger charge is 2.25. The second-order valence-corrected chi connectivity index (χ2v) is 9.08. The predicted octanol–water partition coefficient (Wildman–Crippen LogP) is 2.98. The van der Waals surface area contributed by atoms with E-state index in [1.165, 1.54) is 6.08 Å². The number of hydrogen-bond donors (Lipinski definition) is 1. The van der Waals surface area contributed by atoms with Crippen molar-refractivity contribution >= 4 is 27.6 Å². The monoisotopic (exact) mass is 445 g/mol. The molecule has 0 saturated heterocycles. The molecule has 0 spiro atoms. The lowest BCUT2D eigenvalue weighted by atomic mass is 10.1. The molecule has 0 bridgehead atoms. The lowest BCUT2D eigenvalue weighted by molar-refractivity contribution is -0.112. The van der Waals surface area contributed by atoms with E-state index in [0.717, 1.165) is 16.9 Å². The SMILES string of the molecule is O=C(Nc1cc(-c2ccccc2)nn1-c1ccccc1)C1=CN2CCS(=O)(=O)N=C2C=C1. The van der Waals surface area contributed by atoms with Crippen LogP contribution in [0.2, 0.25) is 0 Å². The molecule has 5 rings (SSSR count). The molecule has 1 amide bonds. The Hall–Kier alpha value is -3.98. The molecule has 0 aliphatic carbocycles. The molecule has 0 fully saturated rings. The Morgan fingerprint density at radius 1 is 0.969 bits per heavy atom. The molecule has 3 heterocycles. The Morgan fingerprint density at radius 2 is 1.69 bits per heavy atom. The largest absolute Gasteiger partial charge is 0.330 e. The fraction of sp³-hybridized carbons (Fsp3) is 0.0870. The molecule has 2 aliphatic rings. The summed E-state index contributed by atoms with van der Waals surface area (Å²) in [5.41, 5.74) is 2.87. The van der Waals surface area contributed by atoms with E-state index >= 15 is 0 Å². The first-order chi connectivity index (χ1) is 15.5. The third-order valence-corrected chi connectivity index (χ3v) is 6.27. The van der Waals surface area contributed by atoms with Gasteiger partial charge in [0.05, 0.1) is 22.7 Å². The van der Waals surface area contributed by atoms with Crippen molar-refractivity contribution in [3.8, 4) is 16.9 Å². The molecule has 0 unspecified atom stereocenters. The highest BCUT2D eigenvalue weighted by atomic mass is 32.2. The smallest absolute Gasteiger partial charge is 0.258 e. The first kappa shape index (κ1) is 20.0. The summed E-state index contributed by atoms with van der Waals surface area (Å²) in [6.45, 7) is 0.252. The average Bonchev–Trinajstić information content (AvgIpc) is 3.23. The van der Waals surface area contributed by atoms with Gasteiger partial charge in [-0.2, -0.15) is 5.10 Å². The van der Waals surface area contributed by atoms with Crippen LogP contribution in [0.5, 0.6) is 0 Å². The normalized spacial score (nSPS) is 16.7. The van der Waals surface area contributed by atoms with Crippen LogP contribution in [0.15, 0.2) is 95.1 Å². The van der Waals surface area contributed by atoms with Gasteiger partial charge in [-0.3, -0.25) is 4.79 Å². The third-order valence-electron chi connectivity index (χ3n) is 5.11. The van der Waals surface area contributed by atoms with Crippen LogP contribution in [-0.2, 0) is 14.8 Å². The number of fused-ring (bicyclic) bond motifs is 1. The van der Waals surface area contributed by atoms with E-state index in [9.17, 15) is 13.2 Å². The number of amides is 1. The molecule has 2 aliphatic heterocycles. The molecule has 8 nitrogen and oxygen atoms in total. The Morgan fingerprint density at radius 3 is 2.44 bits per heavy atom. The van der Waals surface area contributed by atoms with Gasteiger partial charge in [0, 0.05) is 24.4 Å². The highest BCUT2D eigenvalue weighted by Crippen LogP contribution is 2.25. The first-order valence-corrected chi connectivity index (χ1v) is 11.6. The number of carbonyl (C=O) groups is 1. The lowest BCUT2D eigenvalue weighted by Gasteiger charge is -2.26. The van der Waals surface area contributed by atoms with Gasteiger partial charge >= 0.3 is 0 Å². The number of carbonyl (C=O) groups excluding carboxylic acids is 1. The van der Waals surface area contributed by atoms with E-state index in [0.29, 0.717) is 17.2 Å². The van der Waals surface area contributed by atoms with Gasteiger partial charge in [-0.1, -0.05) is 48.5 Å². The molecular formula is C23H19N5O3S. The average molecular weight is 446 g/mol. The van der Waals surface area contributed by atoms with Gasteiger partial charge in [0.25, 0.3) is 15.9 Å². The molecule has 9 heteroatoms. The summed E-state index contributed by atoms with van der Waals surface area (Å²) in [6, 6.07) is 21.1. The van der Waals surface area contributed by atoms with Crippen LogP contribution < -0.4 is 5.32 Å². The first-order valence-electron chi connectivity index (χ1n) is 10.00. The second kappa shape index (κ2) is 7.93. The summed E-state index contributed by atoms with van der Waals surface area (Å²) >= 11 is 0. The number of sulfonamides is 1. The number of amidine groups is 1. The van der Waals surface area contributed by atoms with Crippen molar-refractivity contribution in [1.29, 1.82) is 0 Å². The minimum atomic E-state index is -3.45. The quantitative estimate of drug-likeness (QED) is 0.666. The fourth-order valence-corrected chi connectivity index (χ4v) is 4.48. The molecule has 0 saturated carbocycles. The summed E-state index contributed by atoms with van der Waals surface area (Å²) in [5.74, 6) is 0.422. The third kappa shape index (κ3) is 3.97. The Kier molecular flexibility index (Phi) is 4.95. The van der Waals surface area contributed by atoms with Crippen LogP contribution in [0, 0.1) is 0 Å². The van der Waals surface area contributed by atoms with Gasteiger partial charge in [0.15, 0.2) is 0 Å². The van der Waals surface area contributed by atoms with Crippen LogP contribution in [0.4, 0.5) is 5.82 Å². The van der Waals surface area contributed by atoms with Gasteiger partial charge in [0.1, 0.15) is 11.7 Å². The van der Waals surface area contributed by atoms with Gasteiger partial charge in [-0.15, -0.1) is 4.40 Å².